The number of aromatic nitrogens is 1. The Morgan fingerprint density at radius 2 is 2.22 bits per heavy atom. The average molecular weight is 247 g/mol. The number of hydrogen-bond donors (Lipinski definition) is 1. The summed E-state index contributed by atoms with van der Waals surface area (Å²) in [7, 11) is 2.14. The largest absolute Gasteiger partial charge is 0.359 e. The van der Waals surface area contributed by atoms with Crippen molar-refractivity contribution in [3.8, 4) is 0 Å². The van der Waals surface area contributed by atoms with E-state index in [-0.39, 0.29) is 0 Å². The molecule has 1 aliphatic carbocycles. The molecular weight excluding hydrogens is 222 g/mol. The zero-order valence-electron chi connectivity index (χ0n) is 11.8. The highest BCUT2D eigenvalue weighted by atomic mass is 15.2. The molecule has 1 N–H and O–H groups in total. The summed E-state index contributed by atoms with van der Waals surface area (Å²) in [5.74, 6) is 1.87. The summed E-state index contributed by atoms with van der Waals surface area (Å²) in [5, 5.41) is 3.57. The Balaban J connectivity index is 1.95. The quantitative estimate of drug-likeness (QED) is 0.803. The van der Waals surface area contributed by atoms with E-state index in [2.05, 4.69) is 42.2 Å². The van der Waals surface area contributed by atoms with Crippen LogP contribution >= 0.6 is 0 Å². The molecule has 18 heavy (non-hydrogen) atoms. The molecule has 1 aromatic rings. The minimum Gasteiger partial charge on any atom is -0.359 e. The predicted molar refractivity (Wildman–Crippen MR) is 76.8 cm³/mol. The first kappa shape index (κ1) is 13.3. The van der Waals surface area contributed by atoms with Crippen molar-refractivity contribution in [3.63, 3.8) is 0 Å². The van der Waals surface area contributed by atoms with Gasteiger partial charge in [0.2, 0.25) is 0 Å². The molecule has 0 radical (unpaired) electrons. The molecule has 0 spiro atoms. The molecule has 0 bridgehead atoms. The summed E-state index contributed by atoms with van der Waals surface area (Å²) in [6.45, 7) is 6.55. The van der Waals surface area contributed by atoms with Gasteiger partial charge in [0, 0.05) is 37.9 Å². The normalized spacial score (nSPS) is 15.1. The molecule has 0 amide bonds. The Bertz CT molecular complexity index is 372. The van der Waals surface area contributed by atoms with Gasteiger partial charge >= 0.3 is 0 Å². The molecule has 0 saturated heterocycles. The average Bonchev–Trinajstić information content (AvgIpc) is 3.18. The molecule has 3 heteroatoms. The van der Waals surface area contributed by atoms with Gasteiger partial charge in [0.05, 0.1) is 0 Å². The molecule has 1 saturated carbocycles. The minimum atomic E-state index is 0.740. The lowest BCUT2D eigenvalue weighted by Crippen LogP contribution is -2.24. The van der Waals surface area contributed by atoms with Crippen LogP contribution in [0, 0.1) is 5.92 Å². The second-order valence-corrected chi connectivity index (χ2v) is 5.75. The Labute approximate surface area is 111 Å². The van der Waals surface area contributed by atoms with Gasteiger partial charge < -0.3 is 10.2 Å². The van der Waals surface area contributed by atoms with Crippen LogP contribution in [0.25, 0.3) is 0 Å². The first-order valence-electron chi connectivity index (χ1n) is 7.05. The van der Waals surface area contributed by atoms with Crippen LogP contribution in [0.2, 0.25) is 0 Å². The van der Waals surface area contributed by atoms with E-state index < -0.39 is 0 Å². The number of nitrogens with one attached hydrogen (secondary N) is 1. The van der Waals surface area contributed by atoms with E-state index in [1.165, 1.54) is 24.8 Å². The lowest BCUT2D eigenvalue weighted by molar-refractivity contribution is 0.582. The van der Waals surface area contributed by atoms with Crippen LogP contribution < -0.4 is 10.2 Å². The molecule has 1 fully saturated rings. The minimum absolute atomic E-state index is 0.740. The van der Waals surface area contributed by atoms with E-state index in [0.717, 1.165) is 30.9 Å². The standard InChI is InChI=1S/C15H25N3/c1-12(2)8-10-18(3)15-13(5-4-9-16-15)11-17-14-6-7-14/h4-5,9,12,14,17H,6-8,10-11H2,1-3H3. The number of nitrogens with zero attached hydrogens (tertiary/aromatic N) is 2. The zero-order chi connectivity index (χ0) is 13.0. The molecule has 1 heterocycles. The molecule has 1 aliphatic rings. The maximum atomic E-state index is 4.54. The second-order valence-electron chi connectivity index (χ2n) is 5.75. The van der Waals surface area contributed by atoms with Gasteiger partial charge in [-0.2, -0.15) is 0 Å². The summed E-state index contributed by atoms with van der Waals surface area (Å²) in [6, 6.07) is 4.96. The Hall–Kier alpha value is -1.09. The van der Waals surface area contributed by atoms with E-state index in [4.69, 9.17) is 0 Å². The van der Waals surface area contributed by atoms with Crippen molar-refractivity contribution in [2.24, 2.45) is 5.92 Å². The molecule has 100 valence electrons. The van der Waals surface area contributed by atoms with Crippen molar-refractivity contribution < 1.29 is 0 Å². The summed E-state index contributed by atoms with van der Waals surface area (Å²) < 4.78 is 0. The van der Waals surface area contributed by atoms with Crippen LogP contribution in [0.5, 0.6) is 0 Å². The number of hydrogen-bond acceptors (Lipinski definition) is 3. The Morgan fingerprint density at radius 3 is 2.89 bits per heavy atom. The molecule has 0 atom stereocenters. The summed E-state index contributed by atoms with van der Waals surface area (Å²) in [5.41, 5.74) is 1.32. The molecular formula is C15H25N3. The first-order chi connectivity index (χ1) is 8.66. The highest BCUT2D eigenvalue weighted by molar-refractivity contribution is 5.45. The van der Waals surface area contributed by atoms with Gasteiger partial charge in [0.15, 0.2) is 0 Å². The summed E-state index contributed by atoms with van der Waals surface area (Å²) in [4.78, 5) is 6.82. The van der Waals surface area contributed by atoms with Crippen molar-refractivity contribution in [2.75, 3.05) is 18.5 Å². The lowest BCUT2D eigenvalue weighted by Gasteiger charge is -2.22. The first-order valence-corrected chi connectivity index (χ1v) is 7.05. The molecule has 0 aromatic carbocycles. The van der Waals surface area contributed by atoms with Crippen molar-refractivity contribution in [1.29, 1.82) is 0 Å². The van der Waals surface area contributed by atoms with Gasteiger partial charge in [-0.3, -0.25) is 0 Å². The number of anilines is 1. The monoisotopic (exact) mass is 247 g/mol. The van der Waals surface area contributed by atoms with E-state index in [9.17, 15) is 0 Å². The van der Waals surface area contributed by atoms with Crippen LogP contribution in [-0.4, -0.2) is 24.6 Å². The van der Waals surface area contributed by atoms with Crippen molar-refractivity contribution in [3.05, 3.63) is 23.9 Å². The summed E-state index contributed by atoms with van der Waals surface area (Å²) in [6.07, 6.45) is 5.77. The second kappa shape index (κ2) is 6.19. The van der Waals surface area contributed by atoms with Gasteiger partial charge in [-0.05, 0) is 31.2 Å². The van der Waals surface area contributed by atoms with Crippen molar-refractivity contribution >= 4 is 5.82 Å². The number of rotatable bonds is 7. The van der Waals surface area contributed by atoms with Gasteiger partial charge in [-0.1, -0.05) is 19.9 Å². The van der Waals surface area contributed by atoms with Crippen LogP contribution in [0.1, 0.15) is 38.7 Å². The Kier molecular flexibility index (Phi) is 4.59. The molecule has 1 aromatic heterocycles. The highest BCUT2D eigenvalue weighted by Gasteiger charge is 2.20. The third kappa shape index (κ3) is 3.98. The van der Waals surface area contributed by atoms with Gasteiger partial charge in [0.25, 0.3) is 0 Å². The van der Waals surface area contributed by atoms with E-state index in [1.54, 1.807) is 0 Å². The van der Waals surface area contributed by atoms with Gasteiger partial charge in [-0.15, -0.1) is 0 Å². The highest BCUT2D eigenvalue weighted by Crippen LogP contribution is 2.22. The fourth-order valence-corrected chi connectivity index (χ4v) is 2.01. The fraction of sp³-hybridized carbons (Fsp3) is 0.667. The predicted octanol–water partition coefficient (Wildman–Crippen LogP) is 2.82. The van der Waals surface area contributed by atoms with E-state index in [0.29, 0.717) is 0 Å². The number of pyridine rings is 1. The smallest absolute Gasteiger partial charge is 0.132 e. The zero-order valence-corrected chi connectivity index (χ0v) is 11.8. The third-order valence-corrected chi connectivity index (χ3v) is 3.43. The molecule has 0 unspecified atom stereocenters. The van der Waals surface area contributed by atoms with Gasteiger partial charge in [0.1, 0.15) is 5.82 Å². The van der Waals surface area contributed by atoms with Crippen LogP contribution in [-0.2, 0) is 6.54 Å². The fourth-order valence-electron chi connectivity index (χ4n) is 2.01. The SMILES string of the molecule is CC(C)CCN(C)c1ncccc1CNC1CC1. The lowest BCUT2D eigenvalue weighted by atomic mass is 10.1. The van der Waals surface area contributed by atoms with Crippen molar-refractivity contribution in [1.82, 2.24) is 10.3 Å². The maximum absolute atomic E-state index is 4.54. The molecule has 0 aliphatic heterocycles. The van der Waals surface area contributed by atoms with E-state index >= 15 is 0 Å². The topological polar surface area (TPSA) is 28.2 Å². The maximum Gasteiger partial charge on any atom is 0.132 e. The van der Waals surface area contributed by atoms with Crippen LogP contribution in [0.3, 0.4) is 0 Å². The Morgan fingerprint density at radius 1 is 1.44 bits per heavy atom. The summed E-state index contributed by atoms with van der Waals surface area (Å²) >= 11 is 0. The molecule has 3 nitrogen and oxygen atoms in total. The van der Waals surface area contributed by atoms with Gasteiger partial charge in [-0.25, -0.2) is 4.98 Å². The van der Waals surface area contributed by atoms with Crippen LogP contribution in [0.15, 0.2) is 18.3 Å². The van der Waals surface area contributed by atoms with Crippen molar-refractivity contribution in [2.45, 2.75) is 45.7 Å². The molecule has 2 rings (SSSR count). The van der Waals surface area contributed by atoms with E-state index in [1.807, 2.05) is 12.3 Å². The van der Waals surface area contributed by atoms with Crippen LogP contribution in [0.4, 0.5) is 5.82 Å². The third-order valence-electron chi connectivity index (χ3n) is 3.43.